The van der Waals surface area contributed by atoms with E-state index in [1.807, 2.05) is 42.1 Å². The molecule has 42 heavy (non-hydrogen) atoms. The summed E-state index contributed by atoms with van der Waals surface area (Å²) in [4.78, 5) is 29.7. The van der Waals surface area contributed by atoms with E-state index < -0.39 is 15.9 Å². The van der Waals surface area contributed by atoms with Gasteiger partial charge in [0.1, 0.15) is 11.9 Å². The number of hydrogen-bond acceptors (Lipinski definition) is 8. The Bertz CT molecular complexity index is 1530. The van der Waals surface area contributed by atoms with E-state index in [4.69, 9.17) is 16.6 Å². The predicted octanol–water partition coefficient (Wildman–Crippen LogP) is 4.71. The molecular weight excluding hydrogens is 572 g/mol. The number of rotatable bonds is 9. The van der Waals surface area contributed by atoms with E-state index in [0.717, 1.165) is 30.2 Å². The first kappa shape index (κ1) is 30.5. The second-order valence-corrected chi connectivity index (χ2v) is 14.6. The highest BCUT2D eigenvalue weighted by Gasteiger charge is 2.44. The Morgan fingerprint density at radius 3 is 2.48 bits per heavy atom. The minimum absolute atomic E-state index is 0.0158. The zero-order valence-corrected chi connectivity index (χ0v) is 26.6. The number of aromatic nitrogens is 2. The summed E-state index contributed by atoms with van der Waals surface area (Å²) < 4.78 is 27.1. The SMILES string of the molecule is CC(C)N(C)[C@@H]1CC[C@H](N2CC[C@H](Nc3nc(N(C)C)nc4ccc(Cl)cc34)C2=O)[C@H](CS(=O)(=O)c2ccccc2)C1. The molecule has 1 N–H and O–H groups in total. The topological polar surface area (TPSA) is 98.7 Å². The van der Waals surface area contributed by atoms with Gasteiger partial charge in [-0.2, -0.15) is 4.98 Å². The van der Waals surface area contributed by atoms with Gasteiger partial charge in [0.15, 0.2) is 9.84 Å². The van der Waals surface area contributed by atoms with Crippen LogP contribution in [0.25, 0.3) is 10.9 Å². The van der Waals surface area contributed by atoms with Crippen molar-refractivity contribution in [3.8, 4) is 0 Å². The molecule has 1 aliphatic heterocycles. The summed E-state index contributed by atoms with van der Waals surface area (Å²) >= 11 is 6.31. The fourth-order valence-corrected chi connectivity index (χ4v) is 8.20. The fourth-order valence-electron chi connectivity index (χ4n) is 6.34. The van der Waals surface area contributed by atoms with E-state index >= 15 is 0 Å². The highest BCUT2D eigenvalue weighted by molar-refractivity contribution is 7.91. The average Bonchev–Trinajstić information content (AvgIpc) is 3.32. The van der Waals surface area contributed by atoms with Crippen LogP contribution in [0.4, 0.5) is 11.8 Å². The van der Waals surface area contributed by atoms with Crippen LogP contribution < -0.4 is 10.2 Å². The third kappa shape index (κ3) is 6.35. The van der Waals surface area contributed by atoms with Crippen molar-refractivity contribution in [2.45, 2.75) is 68.6 Å². The highest BCUT2D eigenvalue weighted by Crippen LogP contribution is 2.36. The number of likely N-dealkylation sites (tertiary alicyclic amines) is 1. The van der Waals surface area contributed by atoms with Crippen LogP contribution in [0.15, 0.2) is 53.4 Å². The van der Waals surface area contributed by atoms with Crippen molar-refractivity contribution in [3.05, 3.63) is 53.6 Å². The lowest BCUT2D eigenvalue weighted by molar-refractivity contribution is -0.132. The molecule has 3 aromatic rings. The molecule has 4 atom stereocenters. The Kier molecular flexibility index (Phi) is 8.97. The van der Waals surface area contributed by atoms with E-state index in [9.17, 15) is 13.2 Å². The summed E-state index contributed by atoms with van der Waals surface area (Å²) in [5, 5.41) is 4.72. The first-order chi connectivity index (χ1) is 19.9. The average molecular weight is 613 g/mol. The van der Waals surface area contributed by atoms with Gasteiger partial charge in [-0.15, -0.1) is 0 Å². The molecule has 1 saturated heterocycles. The zero-order valence-electron chi connectivity index (χ0n) is 25.0. The van der Waals surface area contributed by atoms with Crippen molar-refractivity contribution in [1.82, 2.24) is 19.8 Å². The van der Waals surface area contributed by atoms with Gasteiger partial charge in [0.05, 0.1) is 16.2 Å². The van der Waals surface area contributed by atoms with Crippen LogP contribution in [0.2, 0.25) is 5.02 Å². The van der Waals surface area contributed by atoms with Gasteiger partial charge in [0.2, 0.25) is 11.9 Å². The summed E-state index contributed by atoms with van der Waals surface area (Å²) in [6.07, 6.45) is 3.02. The summed E-state index contributed by atoms with van der Waals surface area (Å²) in [6.45, 7) is 4.89. The molecule has 226 valence electrons. The van der Waals surface area contributed by atoms with Gasteiger partial charge in [-0.3, -0.25) is 4.79 Å². The Hall–Kier alpha value is -2.95. The molecule has 5 rings (SSSR count). The molecule has 9 nitrogen and oxygen atoms in total. The number of carbonyl (C=O) groups excluding carboxylic acids is 1. The first-order valence-electron chi connectivity index (χ1n) is 14.7. The van der Waals surface area contributed by atoms with Gasteiger partial charge >= 0.3 is 0 Å². The van der Waals surface area contributed by atoms with Crippen LogP contribution in [-0.4, -0.2) is 91.7 Å². The number of nitrogens with one attached hydrogen (secondary N) is 1. The predicted molar refractivity (Wildman–Crippen MR) is 169 cm³/mol. The Morgan fingerprint density at radius 2 is 1.79 bits per heavy atom. The number of halogens is 1. The minimum Gasteiger partial charge on any atom is -0.358 e. The number of fused-ring (bicyclic) bond motifs is 1. The number of benzene rings is 2. The normalized spacial score (nSPS) is 23.2. The highest BCUT2D eigenvalue weighted by atomic mass is 35.5. The minimum atomic E-state index is -3.52. The van der Waals surface area contributed by atoms with E-state index in [1.165, 1.54) is 0 Å². The maximum atomic E-state index is 14.0. The summed E-state index contributed by atoms with van der Waals surface area (Å²) in [7, 11) is 2.34. The van der Waals surface area contributed by atoms with Crippen LogP contribution in [0.5, 0.6) is 0 Å². The lowest BCUT2D eigenvalue weighted by Gasteiger charge is -2.44. The molecule has 2 heterocycles. The third-order valence-electron chi connectivity index (χ3n) is 8.84. The molecule has 2 aromatic carbocycles. The molecule has 0 unspecified atom stereocenters. The molecule has 1 aromatic heterocycles. The maximum absolute atomic E-state index is 14.0. The van der Waals surface area contributed by atoms with Crippen LogP contribution in [0.1, 0.15) is 39.5 Å². The molecule has 2 fully saturated rings. The molecule has 1 saturated carbocycles. The van der Waals surface area contributed by atoms with E-state index in [2.05, 4.69) is 36.1 Å². The largest absolute Gasteiger partial charge is 0.358 e. The molecule has 0 radical (unpaired) electrons. The van der Waals surface area contributed by atoms with Gasteiger partial charge in [0, 0.05) is 49.2 Å². The number of sulfone groups is 1. The van der Waals surface area contributed by atoms with Crippen LogP contribution in [0, 0.1) is 5.92 Å². The number of nitrogens with zero attached hydrogens (tertiary/aromatic N) is 5. The monoisotopic (exact) mass is 612 g/mol. The van der Waals surface area contributed by atoms with E-state index in [1.54, 1.807) is 30.3 Å². The second kappa shape index (κ2) is 12.3. The zero-order chi connectivity index (χ0) is 30.2. The summed E-state index contributed by atoms with van der Waals surface area (Å²) in [6, 6.07) is 14.1. The Labute approximate surface area is 254 Å². The summed E-state index contributed by atoms with van der Waals surface area (Å²) in [5.74, 6) is 0.938. The van der Waals surface area contributed by atoms with E-state index in [-0.39, 0.29) is 29.7 Å². The van der Waals surface area contributed by atoms with Gasteiger partial charge in [0.25, 0.3) is 0 Å². The molecule has 0 spiro atoms. The standard InChI is InChI=1S/C31H41ClN6O3S/c1-20(2)37(5)23-12-14-28(21(17-23)19-42(40,41)24-9-7-6-8-10-24)38-16-15-27(30(38)39)33-29-25-18-22(32)11-13-26(25)34-31(35-29)36(3)4/h6-11,13,18,20-21,23,27-28H,12,14-17,19H2,1-5H3,(H,33,34,35)/t21-,23+,27-,28-/m0/s1. The van der Waals surface area contributed by atoms with Gasteiger partial charge in [-0.25, -0.2) is 13.4 Å². The summed E-state index contributed by atoms with van der Waals surface area (Å²) in [5.41, 5.74) is 0.738. The van der Waals surface area contributed by atoms with Crippen molar-refractivity contribution in [3.63, 3.8) is 0 Å². The van der Waals surface area contributed by atoms with Gasteiger partial charge in [-0.05, 0) is 82.8 Å². The molecular formula is C31H41ClN6O3S. The Morgan fingerprint density at radius 1 is 1.05 bits per heavy atom. The van der Waals surface area contributed by atoms with Gasteiger partial charge in [-0.1, -0.05) is 29.8 Å². The van der Waals surface area contributed by atoms with Gasteiger partial charge < -0.3 is 20.0 Å². The van der Waals surface area contributed by atoms with Crippen molar-refractivity contribution in [2.75, 3.05) is 43.7 Å². The van der Waals surface area contributed by atoms with Crippen molar-refractivity contribution >= 4 is 50.0 Å². The number of amides is 1. The second-order valence-electron chi connectivity index (χ2n) is 12.1. The smallest absolute Gasteiger partial charge is 0.245 e. The van der Waals surface area contributed by atoms with Crippen molar-refractivity contribution in [2.24, 2.45) is 5.92 Å². The quantitative estimate of drug-likeness (QED) is 0.371. The van der Waals surface area contributed by atoms with Crippen LogP contribution in [-0.2, 0) is 14.6 Å². The van der Waals surface area contributed by atoms with Crippen LogP contribution in [0.3, 0.4) is 0 Å². The molecule has 2 aliphatic rings. The van der Waals surface area contributed by atoms with Crippen molar-refractivity contribution in [1.29, 1.82) is 0 Å². The number of anilines is 2. The van der Waals surface area contributed by atoms with Crippen LogP contribution >= 0.6 is 11.6 Å². The van der Waals surface area contributed by atoms with Crippen molar-refractivity contribution < 1.29 is 13.2 Å². The molecule has 0 bridgehead atoms. The molecule has 11 heteroatoms. The lowest BCUT2D eigenvalue weighted by Crippen LogP contribution is -2.52. The third-order valence-corrected chi connectivity index (χ3v) is 10.9. The molecule has 1 amide bonds. The molecule has 1 aliphatic carbocycles. The number of carbonyl (C=O) groups is 1. The first-order valence-corrected chi connectivity index (χ1v) is 16.7. The number of hydrogen-bond donors (Lipinski definition) is 1. The lowest BCUT2D eigenvalue weighted by atomic mass is 9.81. The Balaban J connectivity index is 1.40. The van der Waals surface area contributed by atoms with E-state index in [0.29, 0.717) is 40.7 Å². The maximum Gasteiger partial charge on any atom is 0.245 e. The fraction of sp³-hybridized carbons (Fsp3) is 0.516.